The third-order valence-electron chi connectivity index (χ3n) is 3.60. The molecule has 1 fully saturated rings. The molecule has 4 heteroatoms. The van der Waals surface area contributed by atoms with Gasteiger partial charge in [0.25, 0.3) is 0 Å². The second kappa shape index (κ2) is 6.50. The first-order valence-electron chi connectivity index (χ1n) is 6.49. The van der Waals surface area contributed by atoms with Gasteiger partial charge in [-0.3, -0.25) is 4.90 Å². The fourth-order valence-electron chi connectivity index (χ4n) is 2.61. The van der Waals surface area contributed by atoms with Crippen molar-refractivity contribution >= 4 is 11.6 Å². The van der Waals surface area contributed by atoms with Crippen LogP contribution < -0.4 is 0 Å². The van der Waals surface area contributed by atoms with E-state index in [-0.39, 0.29) is 12.4 Å². The maximum atomic E-state index is 13.0. The minimum atomic E-state index is -0.297. The number of halogens is 2. The van der Waals surface area contributed by atoms with Crippen LogP contribution in [0.4, 0.5) is 4.39 Å². The number of benzene rings is 1. The monoisotopic (exact) mass is 271 g/mol. The largest absolute Gasteiger partial charge is 0.396 e. The van der Waals surface area contributed by atoms with Crippen LogP contribution in [0, 0.1) is 5.82 Å². The lowest BCUT2D eigenvalue weighted by molar-refractivity contribution is 0.112. The van der Waals surface area contributed by atoms with Crippen LogP contribution in [0.1, 0.15) is 31.2 Å². The van der Waals surface area contributed by atoms with Crippen LogP contribution in [0.25, 0.3) is 0 Å². The summed E-state index contributed by atoms with van der Waals surface area (Å²) in [6, 6.07) is 4.99. The molecule has 1 atom stereocenters. The molecule has 0 saturated carbocycles. The average Bonchev–Trinajstić information content (AvgIpc) is 2.35. The van der Waals surface area contributed by atoms with Crippen LogP contribution in [0.15, 0.2) is 18.2 Å². The minimum absolute atomic E-state index is 0.221. The molecular weight excluding hydrogens is 253 g/mol. The van der Waals surface area contributed by atoms with E-state index in [4.69, 9.17) is 16.7 Å². The van der Waals surface area contributed by atoms with Crippen molar-refractivity contribution in [2.75, 3.05) is 13.2 Å². The zero-order valence-corrected chi connectivity index (χ0v) is 11.2. The molecule has 2 nitrogen and oxygen atoms in total. The standard InChI is InChI=1S/C14H19ClFNO/c15-14-9-12(16)5-4-11(14)10-17-7-2-1-3-13(17)6-8-18/h4-5,9,13,18H,1-3,6-8,10H2. The summed E-state index contributed by atoms with van der Waals surface area (Å²) in [5, 5.41) is 9.58. The second-order valence-electron chi connectivity index (χ2n) is 4.87. The Bertz CT molecular complexity index is 397. The first-order valence-corrected chi connectivity index (χ1v) is 6.87. The van der Waals surface area contributed by atoms with Crippen molar-refractivity contribution in [1.82, 2.24) is 4.90 Å². The lowest BCUT2D eigenvalue weighted by atomic mass is 9.99. The molecule has 0 bridgehead atoms. The minimum Gasteiger partial charge on any atom is -0.396 e. The number of aliphatic hydroxyl groups is 1. The summed E-state index contributed by atoms with van der Waals surface area (Å²) in [6.45, 7) is 1.99. The number of likely N-dealkylation sites (tertiary alicyclic amines) is 1. The van der Waals surface area contributed by atoms with E-state index >= 15 is 0 Å². The topological polar surface area (TPSA) is 23.5 Å². The Labute approximate surface area is 112 Å². The quantitative estimate of drug-likeness (QED) is 0.909. The SMILES string of the molecule is OCCC1CCCCN1Cc1ccc(F)cc1Cl. The van der Waals surface area contributed by atoms with Gasteiger partial charge in [-0.15, -0.1) is 0 Å². The maximum Gasteiger partial charge on any atom is 0.124 e. The molecule has 1 aliphatic heterocycles. The number of nitrogens with zero attached hydrogens (tertiary/aromatic N) is 1. The molecule has 1 unspecified atom stereocenters. The Morgan fingerprint density at radius 2 is 2.22 bits per heavy atom. The van der Waals surface area contributed by atoms with Crippen molar-refractivity contribution in [2.24, 2.45) is 0 Å². The Hall–Kier alpha value is -0.640. The number of rotatable bonds is 4. The Morgan fingerprint density at radius 1 is 1.39 bits per heavy atom. The third kappa shape index (κ3) is 3.44. The predicted molar refractivity (Wildman–Crippen MR) is 71.2 cm³/mol. The molecule has 1 N–H and O–H groups in total. The van der Waals surface area contributed by atoms with E-state index in [9.17, 15) is 4.39 Å². The zero-order valence-electron chi connectivity index (χ0n) is 10.4. The third-order valence-corrected chi connectivity index (χ3v) is 3.95. The van der Waals surface area contributed by atoms with Crippen molar-refractivity contribution in [2.45, 2.75) is 38.3 Å². The molecule has 1 aromatic rings. The highest BCUT2D eigenvalue weighted by Crippen LogP contribution is 2.25. The van der Waals surface area contributed by atoms with Gasteiger partial charge in [0.2, 0.25) is 0 Å². The molecule has 1 aliphatic rings. The van der Waals surface area contributed by atoms with Crippen molar-refractivity contribution in [3.05, 3.63) is 34.6 Å². The van der Waals surface area contributed by atoms with Gasteiger partial charge >= 0.3 is 0 Å². The number of hydrogen-bond donors (Lipinski definition) is 1. The summed E-state index contributed by atoms with van der Waals surface area (Å²) in [6.07, 6.45) is 4.33. The van der Waals surface area contributed by atoms with Crippen molar-refractivity contribution in [3.8, 4) is 0 Å². The fraction of sp³-hybridized carbons (Fsp3) is 0.571. The van der Waals surface area contributed by atoms with Crippen molar-refractivity contribution < 1.29 is 9.50 Å². The molecule has 0 aromatic heterocycles. The highest BCUT2D eigenvalue weighted by Gasteiger charge is 2.22. The Balaban J connectivity index is 2.06. The van der Waals surface area contributed by atoms with E-state index < -0.39 is 0 Å². The maximum absolute atomic E-state index is 13.0. The van der Waals surface area contributed by atoms with E-state index in [1.54, 1.807) is 6.07 Å². The highest BCUT2D eigenvalue weighted by atomic mass is 35.5. The van der Waals surface area contributed by atoms with Gasteiger partial charge in [-0.05, 0) is 43.5 Å². The van der Waals surface area contributed by atoms with Gasteiger partial charge in [0.1, 0.15) is 5.82 Å². The van der Waals surface area contributed by atoms with E-state index in [0.29, 0.717) is 11.1 Å². The summed E-state index contributed by atoms with van der Waals surface area (Å²) in [5.74, 6) is -0.297. The van der Waals surface area contributed by atoms with E-state index in [1.165, 1.54) is 25.0 Å². The van der Waals surface area contributed by atoms with Gasteiger partial charge in [0, 0.05) is 24.2 Å². The first kappa shape index (κ1) is 13.8. The van der Waals surface area contributed by atoms with Crippen LogP contribution in [0.3, 0.4) is 0 Å². The van der Waals surface area contributed by atoms with Crippen LogP contribution >= 0.6 is 11.6 Å². The molecule has 18 heavy (non-hydrogen) atoms. The Kier molecular flexibility index (Phi) is 4.98. The zero-order chi connectivity index (χ0) is 13.0. The summed E-state index contributed by atoms with van der Waals surface area (Å²) in [4.78, 5) is 2.35. The van der Waals surface area contributed by atoms with E-state index in [0.717, 1.165) is 31.5 Å². The highest BCUT2D eigenvalue weighted by molar-refractivity contribution is 6.31. The van der Waals surface area contributed by atoms with Crippen LogP contribution in [-0.4, -0.2) is 29.2 Å². The Morgan fingerprint density at radius 3 is 2.94 bits per heavy atom. The predicted octanol–water partition coefficient (Wildman–Crippen LogP) is 3.22. The molecule has 1 heterocycles. The van der Waals surface area contributed by atoms with E-state index in [1.807, 2.05) is 0 Å². The smallest absolute Gasteiger partial charge is 0.124 e. The first-order chi connectivity index (χ1) is 8.70. The number of piperidine rings is 1. The van der Waals surface area contributed by atoms with Gasteiger partial charge in [-0.2, -0.15) is 0 Å². The fourth-order valence-corrected chi connectivity index (χ4v) is 2.84. The van der Waals surface area contributed by atoms with Crippen molar-refractivity contribution in [1.29, 1.82) is 0 Å². The lowest BCUT2D eigenvalue weighted by Gasteiger charge is -2.35. The van der Waals surface area contributed by atoms with Gasteiger partial charge in [-0.1, -0.05) is 24.1 Å². The van der Waals surface area contributed by atoms with Crippen LogP contribution in [0.2, 0.25) is 5.02 Å². The van der Waals surface area contributed by atoms with Crippen LogP contribution in [0.5, 0.6) is 0 Å². The molecule has 2 rings (SSSR count). The van der Waals surface area contributed by atoms with Gasteiger partial charge < -0.3 is 5.11 Å². The summed E-state index contributed by atoms with van der Waals surface area (Å²) < 4.78 is 13.0. The molecule has 100 valence electrons. The number of aliphatic hydroxyl groups excluding tert-OH is 1. The summed E-state index contributed by atoms with van der Waals surface area (Å²) in [5.41, 5.74) is 0.961. The second-order valence-corrected chi connectivity index (χ2v) is 5.28. The summed E-state index contributed by atoms with van der Waals surface area (Å²) in [7, 11) is 0. The van der Waals surface area contributed by atoms with Gasteiger partial charge in [0.15, 0.2) is 0 Å². The molecule has 0 amide bonds. The normalized spacial score (nSPS) is 21.2. The van der Waals surface area contributed by atoms with Crippen LogP contribution in [-0.2, 0) is 6.54 Å². The van der Waals surface area contributed by atoms with Crippen molar-refractivity contribution in [3.63, 3.8) is 0 Å². The molecule has 1 saturated heterocycles. The average molecular weight is 272 g/mol. The number of hydrogen-bond acceptors (Lipinski definition) is 2. The molecule has 0 aliphatic carbocycles. The van der Waals surface area contributed by atoms with Gasteiger partial charge in [0.05, 0.1) is 0 Å². The molecule has 1 aromatic carbocycles. The molecule has 0 spiro atoms. The van der Waals surface area contributed by atoms with Gasteiger partial charge in [-0.25, -0.2) is 4.39 Å². The van der Waals surface area contributed by atoms with E-state index in [2.05, 4.69) is 4.90 Å². The lowest BCUT2D eigenvalue weighted by Crippen LogP contribution is -2.39. The molecular formula is C14H19ClFNO. The molecule has 0 radical (unpaired) electrons. The summed E-state index contributed by atoms with van der Waals surface area (Å²) >= 11 is 6.06.